The number of cyclic esters (lactones) is 1. The summed E-state index contributed by atoms with van der Waals surface area (Å²) in [5.74, 6) is -3.49. The molecule has 4 N–H and O–H groups in total. The van der Waals surface area contributed by atoms with Gasteiger partial charge < -0.3 is 40.7 Å². The minimum atomic E-state index is -1.45. The van der Waals surface area contributed by atoms with Crippen molar-refractivity contribution in [3.63, 3.8) is 0 Å². The smallest absolute Gasteiger partial charge is 0.328 e. The second-order valence-corrected chi connectivity index (χ2v) is 15.4. The first-order valence-corrected chi connectivity index (χ1v) is 19.2. The fraction of sp³-hybridized carbons (Fsp3) is 0.525. The monoisotopic (exact) mass is 757 g/mol. The number of ether oxygens (including phenoxy) is 1. The Morgan fingerprint density at radius 1 is 0.891 bits per heavy atom. The topological polar surface area (TPSA) is 187 Å². The first-order valence-electron chi connectivity index (χ1n) is 19.2. The highest BCUT2D eigenvalue weighted by molar-refractivity contribution is 6.00. The molecule has 2 aromatic carbocycles. The van der Waals surface area contributed by atoms with Crippen LogP contribution in [0.4, 0.5) is 10.5 Å². The van der Waals surface area contributed by atoms with Crippen molar-refractivity contribution in [2.24, 2.45) is 5.92 Å². The second kappa shape index (κ2) is 16.9. The van der Waals surface area contributed by atoms with E-state index in [0.29, 0.717) is 50.8 Å². The lowest BCUT2D eigenvalue weighted by Gasteiger charge is -2.43. The molecule has 0 spiro atoms. The summed E-state index contributed by atoms with van der Waals surface area (Å²) >= 11 is 0. The molecular weight excluding hydrogens is 706 g/mol. The van der Waals surface area contributed by atoms with Crippen molar-refractivity contribution >= 4 is 47.2 Å². The first-order chi connectivity index (χ1) is 26.4. The molecule has 0 aromatic heterocycles. The number of hydrogen-bond acceptors (Lipinski definition) is 8. The van der Waals surface area contributed by atoms with Crippen LogP contribution in [-0.4, -0.2) is 118 Å². The zero-order chi connectivity index (χ0) is 39.3. The number of esters is 1. The summed E-state index contributed by atoms with van der Waals surface area (Å²) in [5.41, 5.74) is -0.119. The molecule has 4 fully saturated rings. The van der Waals surface area contributed by atoms with Gasteiger partial charge in [0.05, 0.1) is 0 Å². The predicted octanol–water partition coefficient (Wildman–Crippen LogP) is 1.96. The van der Waals surface area contributed by atoms with Crippen LogP contribution in [0, 0.1) is 5.92 Å². The highest BCUT2D eigenvalue weighted by Gasteiger charge is 2.52. The quantitative estimate of drug-likeness (QED) is 0.322. The number of piperidine rings is 1. The van der Waals surface area contributed by atoms with Crippen LogP contribution >= 0.6 is 0 Å². The molecule has 15 heteroatoms. The van der Waals surface area contributed by atoms with Crippen LogP contribution in [0.5, 0.6) is 0 Å². The van der Waals surface area contributed by atoms with Gasteiger partial charge in [0.2, 0.25) is 29.5 Å². The fourth-order valence-corrected chi connectivity index (χ4v) is 8.23. The van der Waals surface area contributed by atoms with Crippen molar-refractivity contribution in [2.75, 3.05) is 31.6 Å². The summed E-state index contributed by atoms with van der Waals surface area (Å²) < 4.78 is 5.77. The highest BCUT2D eigenvalue weighted by atomic mass is 16.5. The van der Waals surface area contributed by atoms with Crippen molar-refractivity contribution in [3.05, 3.63) is 66.2 Å². The van der Waals surface area contributed by atoms with Gasteiger partial charge in [-0.05, 0) is 76.0 Å². The van der Waals surface area contributed by atoms with E-state index >= 15 is 0 Å². The summed E-state index contributed by atoms with van der Waals surface area (Å²) in [6, 6.07) is 11.7. The SMILES string of the molecule is C[C@@H]1C[C@H]2C(=O)OC[C@H](NC(=O)[C@H](Cc3ccccc3)NC(=O)Nc3ccccc3)C(=O)N3CCC[C@@]3(C)C(=O)N3CCCC[C@H]3C(=O)N[C@@H](C)C(=O)N2C1. The normalized spacial score (nSPS) is 28.3. The molecule has 6 rings (SSSR count). The average Bonchev–Trinajstić information content (AvgIpc) is 3.78. The van der Waals surface area contributed by atoms with Gasteiger partial charge >= 0.3 is 12.0 Å². The molecular formula is C40H51N7O8. The number of fused-ring (bicyclic) bond motifs is 3. The molecule has 0 bridgehead atoms. The molecule has 4 saturated heterocycles. The average molecular weight is 758 g/mol. The van der Waals surface area contributed by atoms with Gasteiger partial charge in [0, 0.05) is 31.7 Å². The lowest BCUT2D eigenvalue weighted by molar-refractivity contribution is -0.161. The highest BCUT2D eigenvalue weighted by Crippen LogP contribution is 2.34. The lowest BCUT2D eigenvalue weighted by Crippen LogP contribution is -2.65. The van der Waals surface area contributed by atoms with Crippen LogP contribution in [0.3, 0.4) is 0 Å². The molecule has 0 saturated carbocycles. The fourth-order valence-electron chi connectivity index (χ4n) is 8.23. The van der Waals surface area contributed by atoms with Gasteiger partial charge in [0.15, 0.2) is 0 Å². The third-order valence-corrected chi connectivity index (χ3v) is 11.2. The Balaban J connectivity index is 1.32. The van der Waals surface area contributed by atoms with Gasteiger partial charge in [-0.3, -0.25) is 24.0 Å². The van der Waals surface area contributed by atoms with Crippen molar-refractivity contribution in [2.45, 2.75) is 101 Å². The number of benzene rings is 2. The molecule has 4 aliphatic heterocycles. The van der Waals surface area contributed by atoms with Crippen molar-refractivity contribution < 1.29 is 38.3 Å². The summed E-state index contributed by atoms with van der Waals surface area (Å²) in [6.45, 7) is 5.30. The third-order valence-electron chi connectivity index (χ3n) is 11.2. The second-order valence-electron chi connectivity index (χ2n) is 15.4. The molecule has 7 atom stereocenters. The molecule has 0 radical (unpaired) electrons. The number of para-hydroxylation sites is 1. The molecule has 2 aromatic rings. The predicted molar refractivity (Wildman–Crippen MR) is 201 cm³/mol. The van der Waals surface area contributed by atoms with Crippen LogP contribution in [0.2, 0.25) is 0 Å². The largest absolute Gasteiger partial charge is 0.461 e. The number of carbonyl (C=O) groups excluding carboxylic acids is 7. The Bertz CT molecular complexity index is 1780. The maximum atomic E-state index is 14.7. The van der Waals surface area contributed by atoms with E-state index < -0.39 is 83.9 Å². The summed E-state index contributed by atoms with van der Waals surface area (Å²) in [5, 5.41) is 11.0. The standard InChI is InChI=1S/C40H51N7O8/c1-25-21-32-37(52)55-24-30(43-33(48)29(22-27-13-6-4-7-14-27)44-39(54)42-28-15-8-5-9-16-28)36(51)47-20-12-18-40(47,3)38(53)45-19-11-10-17-31(45)34(49)41-26(2)35(50)46(32)23-25/h4-9,13-16,25-26,29-32H,10-12,17-24H2,1-3H3,(H,41,49)(H,43,48)(H2,42,44,54)/t25-,26+,29+,30+,31+,32+,40+/m1/s1. The third kappa shape index (κ3) is 8.76. The Kier molecular flexibility index (Phi) is 12.1. The van der Waals surface area contributed by atoms with E-state index in [-0.39, 0.29) is 25.4 Å². The zero-order valence-corrected chi connectivity index (χ0v) is 31.6. The number of nitrogens with one attached hydrogen (secondary N) is 4. The molecule has 0 unspecified atom stereocenters. The van der Waals surface area contributed by atoms with Gasteiger partial charge in [0.1, 0.15) is 42.4 Å². The number of amides is 7. The molecule has 4 heterocycles. The maximum absolute atomic E-state index is 14.7. The minimum absolute atomic E-state index is 0.0489. The van der Waals surface area contributed by atoms with E-state index in [1.165, 1.54) is 14.7 Å². The summed E-state index contributed by atoms with van der Waals surface area (Å²) in [6.07, 6.45) is 2.95. The van der Waals surface area contributed by atoms with Gasteiger partial charge in [-0.15, -0.1) is 0 Å². The number of carbonyl (C=O) groups is 7. The van der Waals surface area contributed by atoms with Gasteiger partial charge in [0.25, 0.3) is 0 Å². The summed E-state index contributed by atoms with van der Waals surface area (Å²) in [4.78, 5) is 102. The number of urea groups is 1. The molecule has 0 aliphatic carbocycles. The van der Waals surface area contributed by atoms with Crippen molar-refractivity contribution in [1.29, 1.82) is 0 Å². The Morgan fingerprint density at radius 3 is 2.33 bits per heavy atom. The van der Waals surface area contributed by atoms with E-state index in [0.717, 1.165) is 5.56 Å². The van der Waals surface area contributed by atoms with Crippen molar-refractivity contribution in [1.82, 2.24) is 30.7 Å². The van der Waals surface area contributed by atoms with Gasteiger partial charge in [-0.25, -0.2) is 9.59 Å². The zero-order valence-electron chi connectivity index (χ0n) is 31.6. The van der Waals surface area contributed by atoms with Gasteiger partial charge in [-0.2, -0.15) is 0 Å². The van der Waals surface area contributed by atoms with Gasteiger partial charge in [-0.1, -0.05) is 55.5 Å². The van der Waals surface area contributed by atoms with E-state index in [4.69, 9.17) is 4.74 Å². The van der Waals surface area contributed by atoms with Crippen LogP contribution in [0.25, 0.3) is 0 Å². The Labute approximate surface area is 320 Å². The van der Waals surface area contributed by atoms with E-state index in [1.54, 1.807) is 56.3 Å². The minimum Gasteiger partial charge on any atom is -0.461 e. The van der Waals surface area contributed by atoms with Crippen LogP contribution < -0.4 is 21.3 Å². The molecule has 15 nitrogen and oxygen atoms in total. The van der Waals surface area contributed by atoms with E-state index in [1.807, 2.05) is 25.1 Å². The number of nitrogens with zero attached hydrogens (tertiary/aromatic N) is 3. The van der Waals surface area contributed by atoms with E-state index in [9.17, 15) is 33.6 Å². The van der Waals surface area contributed by atoms with Crippen LogP contribution in [-0.2, 0) is 39.9 Å². The number of anilines is 1. The number of rotatable bonds is 6. The molecule has 7 amide bonds. The Hall–Kier alpha value is -5.47. The molecule has 4 aliphatic rings. The maximum Gasteiger partial charge on any atom is 0.328 e. The first kappa shape index (κ1) is 39.2. The number of hydrogen-bond donors (Lipinski definition) is 4. The van der Waals surface area contributed by atoms with Crippen molar-refractivity contribution in [3.8, 4) is 0 Å². The molecule has 55 heavy (non-hydrogen) atoms. The Morgan fingerprint density at radius 2 is 1.60 bits per heavy atom. The molecule has 294 valence electrons. The lowest BCUT2D eigenvalue weighted by atomic mass is 9.92. The van der Waals surface area contributed by atoms with Crippen LogP contribution in [0.15, 0.2) is 60.7 Å². The van der Waals surface area contributed by atoms with Crippen LogP contribution in [0.1, 0.15) is 64.9 Å². The summed E-state index contributed by atoms with van der Waals surface area (Å²) in [7, 11) is 0. The van der Waals surface area contributed by atoms with E-state index in [2.05, 4.69) is 21.3 Å².